The minimum atomic E-state index is -0.345. The van der Waals surface area contributed by atoms with E-state index in [0.717, 1.165) is 30.9 Å². The summed E-state index contributed by atoms with van der Waals surface area (Å²) in [6.45, 7) is 4.17. The number of rotatable bonds is 8. The van der Waals surface area contributed by atoms with Crippen LogP contribution in [0.15, 0.2) is 24.3 Å². The number of hydrogen-bond donors (Lipinski definition) is 1. The van der Waals surface area contributed by atoms with Crippen molar-refractivity contribution in [3.05, 3.63) is 29.8 Å². The van der Waals surface area contributed by atoms with Gasteiger partial charge >= 0.3 is 0 Å². The molecule has 1 rings (SSSR count). The maximum atomic E-state index is 9.20. The average molecular weight is 248 g/mol. The lowest BCUT2D eigenvalue weighted by Gasteiger charge is -2.14. The van der Waals surface area contributed by atoms with Crippen molar-refractivity contribution in [1.82, 2.24) is 5.32 Å². The van der Waals surface area contributed by atoms with E-state index < -0.39 is 0 Å². The molecule has 4 nitrogen and oxygen atoms in total. The Hall–Kier alpha value is -1.57. The molecule has 0 fully saturated rings. The minimum absolute atomic E-state index is 0.345. The summed E-state index contributed by atoms with van der Waals surface area (Å²) in [5, 5.41) is 12.4. The van der Waals surface area contributed by atoms with Gasteiger partial charge in [-0.25, -0.2) is 0 Å². The molecule has 1 unspecified atom stereocenters. The molecule has 1 atom stereocenters. The molecule has 0 radical (unpaired) electrons. The molecule has 0 aliphatic rings. The van der Waals surface area contributed by atoms with Crippen LogP contribution in [0.1, 0.15) is 24.9 Å². The Morgan fingerprint density at radius 2 is 2.17 bits per heavy atom. The molecule has 0 bridgehead atoms. The Morgan fingerprint density at radius 1 is 1.39 bits per heavy atom. The Morgan fingerprint density at radius 3 is 2.83 bits per heavy atom. The SMILES string of the molecule is CCOCCCNC(C#N)c1ccccc1OC. The molecule has 0 saturated carbocycles. The van der Waals surface area contributed by atoms with Gasteiger partial charge in [0.1, 0.15) is 11.8 Å². The molecule has 0 aliphatic carbocycles. The normalized spacial score (nSPS) is 11.8. The number of para-hydroxylation sites is 1. The second kappa shape index (κ2) is 8.51. The van der Waals surface area contributed by atoms with E-state index in [1.807, 2.05) is 31.2 Å². The van der Waals surface area contributed by atoms with Gasteiger partial charge < -0.3 is 9.47 Å². The summed E-state index contributed by atoms with van der Waals surface area (Å²) in [4.78, 5) is 0. The van der Waals surface area contributed by atoms with Crippen molar-refractivity contribution in [2.75, 3.05) is 26.9 Å². The average Bonchev–Trinajstić information content (AvgIpc) is 2.43. The number of benzene rings is 1. The third kappa shape index (κ3) is 4.36. The molecular weight excluding hydrogens is 228 g/mol. The van der Waals surface area contributed by atoms with Crippen LogP contribution in [0.2, 0.25) is 0 Å². The van der Waals surface area contributed by atoms with Gasteiger partial charge in [-0.2, -0.15) is 5.26 Å². The largest absolute Gasteiger partial charge is 0.496 e. The van der Waals surface area contributed by atoms with Crippen LogP contribution in [0.4, 0.5) is 0 Å². The van der Waals surface area contributed by atoms with E-state index in [1.54, 1.807) is 7.11 Å². The van der Waals surface area contributed by atoms with E-state index in [2.05, 4.69) is 11.4 Å². The highest BCUT2D eigenvalue weighted by molar-refractivity contribution is 5.38. The molecule has 0 heterocycles. The molecule has 98 valence electrons. The summed E-state index contributed by atoms with van der Waals surface area (Å²) in [7, 11) is 1.61. The van der Waals surface area contributed by atoms with Gasteiger partial charge in [0.25, 0.3) is 0 Å². The second-order valence-corrected chi connectivity index (χ2v) is 3.81. The monoisotopic (exact) mass is 248 g/mol. The Kier molecular flexibility index (Phi) is 6.85. The fourth-order valence-corrected chi connectivity index (χ4v) is 1.70. The van der Waals surface area contributed by atoms with Gasteiger partial charge in [-0.1, -0.05) is 18.2 Å². The van der Waals surface area contributed by atoms with E-state index >= 15 is 0 Å². The highest BCUT2D eigenvalue weighted by Gasteiger charge is 2.13. The summed E-state index contributed by atoms with van der Waals surface area (Å²) in [6, 6.07) is 9.48. The zero-order valence-electron chi connectivity index (χ0n) is 11.0. The molecule has 1 aromatic carbocycles. The van der Waals surface area contributed by atoms with Crippen molar-refractivity contribution in [1.29, 1.82) is 5.26 Å². The van der Waals surface area contributed by atoms with Gasteiger partial charge in [0.15, 0.2) is 0 Å². The van der Waals surface area contributed by atoms with Crippen LogP contribution in [0.3, 0.4) is 0 Å². The zero-order chi connectivity index (χ0) is 13.2. The van der Waals surface area contributed by atoms with E-state index in [4.69, 9.17) is 9.47 Å². The topological polar surface area (TPSA) is 54.3 Å². The van der Waals surface area contributed by atoms with Crippen LogP contribution in [0.25, 0.3) is 0 Å². The number of nitriles is 1. The highest BCUT2D eigenvalue weighted by atomic mass is 16.5. The van der Waals surface area contributed by atoms with Crippen LogP contribution < -0.4 is 10.1 Å². The van der Waals surface area contributed by atoms with Gasteiger partial charge in [-0.05, 0) is 26.0 Å². The molecule has 18 heavy (non-hydrogen) atoms. The maximum Gasteiger partial charge on any atom is 0.124 e. The fourth-order valence-electron chi connectivity index (χ4n) is 1.70. The lowest BCUT2D eigenvalue weighted by atomic mass is 10.1. The predicted octanol–water partition coefficient (Wildman–Crippen LogP) is 2.28. The summed E-state index contributed by atoms with van der Waals surface area (Å²) >= 11 is 0. The number of ether oxygens (including phenoxy) is 2. The van der Waals surface area contributed by atoms with E-state index in [-0.39, 0.29) is 6.04 Å². The number of methoxy groups -OCH3 is 1. The molecule has 0 aromatic heterocycles. The van der Waals surface area contributed by atoms with Gasteiger partial charge in [-0.15, -0.1) is 0 Å². The van der Waals surface area contributed by atoms with Crippen LogP contribution in [0, 0.1) is 11.3 Å². The first-order valence-corrected chi connectivity index (χ1v) is 6.17. The molecule has 0 spiro atoms. The van der Waals surface area contributed by atoms with Crippen molar-refractivity contribution in [2.45, 2.75) is 19.4 Å². The number of hydrogen-bond acceptors (Lipinski definition) is 4. The van der Waals surface area contributed by atoms with Crippen LogP contribution in [-0.2, 0) is 4.74 Å². The molecular formula is C14H20N2O2. The summed E-state index contributed by atoms with van der Waals surface area (Å²) in [5.74, 6) is 0.737. The van der Waals surface area contributed by atoms with E-state index in [9.17, 15) is 5.26 Å². The fraction of sp³-hybridized carbons (Fsp3) is 0.500. The summed E-state index contributed by atoms with van der Waals surface area (Å²) in [6.07, 6.45) is 0.890. The molecule has 0 amide bonds. The van der Waals surface area contributed by atoms with Crippen LogP contribution in [-0.4, -0.2) is 26.9 Å². The van der Waals surface area contributed by atoms with E-state index in [0.29, 0.717) is 6.61 Å². The first-order valence-electron chi connectivity index (χ1n) is 6.17. The van der Waals surface area contributed by atoms with E-state index in [1.165, 1.54) is 0 Å². The molecule has 1 aromatic rings. The van der Waals surface area contributed by atoms with Gasteiger partial charge in [-0.3, -0.25) is 5.32 Å². The maximum absolute atomic E-state index is 9.20. The Balaban J connectivity index is 2.53. The van der Waals surface area contributed by atoms with Crippen LogP contribution >= 0.6 is 0 Å². The van der Waals surface area contributed by atoms with Crippen LogP contribution in [0.5, 0.6) is 5.75 Å². The van der Waals surface area contributed by atoms with Crippen molar-refractivity contribution < 1.29 is 9.47 Å². The zero-order valence-corrected chi connectivity index (χ0v) is 11.0. The molecule has 1 N–H and O–H groups in total. The van der Waals surface area contributed by atoms with Crippen molar-refractivity contribution in [3.63, 3.8) is 0 Å². The number of nitrogens with one attached hydrogen (secondary N) is 1. The molecule has 0 aliphatic heterocycles. The first kappa shape index (κ1) is 14.5. The smallest absolute Gasteiger partial charge is 0.124 e. The third-order valence-electron chi connectivity index (χ3n) is 2.60. The molecule has 0 saturated heterocycles. The summed E-state index contributed by atoms with van der Waals surface area (Å²) < 4.78 is 10.5. The minimum Gasteiger partial charge on any atom is -0.496 e. The quantitative estimate of drug-likeness (QED) is 0.717. The predicted molar refractivity (Wildman–Crippen MR) is 70.5 cm³/mol. The first-order chi connectivity index (χ1) is 8.83. The lowest BCUT2D eigenvalue weighted by Crippen LogP contribution is -2.22. The lowest BCUT2D eigenvalue weighted by molar-refractivity contribution is 0.144. The standard InChI is InChI=1S/C14H20N2O2/c1-3-18-10-6-9-16-13(11-15)12-7-4-5-8-14(12)17-2/h4-5,7-8,13,16H,3,6,9-10H2,1-2H3. The van der Waals surface area contributed by atoms with Gasteiger partial charge in [0.05, 0.1) is 13.2 Å². The summed E-state index contributed by atoms with van der Waals surface area (Å²) in [5.41, 5.74) is 0.874. The number of nitrogens with zero attached hydrogens (tertiary/aromatic N) is 1. The molecule has 4 heteroatoms. The second-order valence-electron chi connectivity index (χ2n) is 3.81. The van der Waals surface area contributed by atoms with Crippen molar-refractivity contribution >= 4 is 0 Å². The van der Waals surface area contributed by atoms with Crippen molar-refractivity contribution in [2.24, 2.45) is 0 Å². The highest BCUT2D eigenvalue weighted by Crippen LogP contribution is 2.24. The van der Waals surface area contributed by atoms with Gasteiger partial charge in [0.2, 0.25) is 0 Å². The van der Waals surface area contributed by atoms with Gasteiger partial charge in [0, 0.05) is 18.8 Å². The van der Waals surface area contributed by atoms with Crippen molar-refractivity contribution in [3.8, 4) is 11.8 Å². The Bertz CT molecular complexity index is 388. The third-order valence-corrected chi connectivity index (χ3v) is 2.60. The Labute approximate surface area is 109 Å².